The number of hydrogen-bond acceptors (Lipinski definition) is 4. The number of rotatable bonds is 3. The van der Waals surface area contributed by atoms with Gasteiger partial charge in [0, 0.05) is 44.5 Å². The average Bonchev–Trinajstić information content (AvgIpc) is 3.21. The van der Waals surface area contributed by atoms with Gasteiger partial charge in [0.2, 0.25) is 6.79 Å². The van der Waals surface area contributed by atoms with Gasteiger partial charge in [0.25, 0.3) is 5.91 Å². The van der Waals surface area contributed by atoms with Gasteiger partial charge in [-0.2, -0.15) is 0 Å². The summed E-state index contributed by atoms with van der Waals surface area (Å²) in [7, 11) is 1.86. The van der Waals surface area contributed by atoms with E-state index < -0.39 is 0 Å². The second-order valence-corrected chi connectivity index (χ2v) is 6.15. The van der Waals surface area contributed by atoms with Gasteiger partial charge in [0.1, 0.15) is 5.82 Å². The molecule has 0 N–H and O–H groups in total. The van der Waals surface area contributed by atoms with Crippen molar-refractivity contribution in [2.75, 3.05) is 20.4 Å². The fourth-order valence-electron chi connectivity index (χ4n) is 3.29. The molecule has 0 bridgehead atoms. The van der Waals surface area contributed by atoms with E-state index in [4.69, 9.17) is 9.47 Å². The average molecular weight is 313 g/mol. The minimum absolute atomic E-state index is 0.0113. The number of carbonyl (C=O) groups is 1. The van der Waals surface area contributed by atoms with E-state index in [2.05, 4.69) is 9.55 Å². The van der Waals surface area contributed by atoms with Crippen molar-refractivity contribution < 1.29 is 14.3 Å². The number of aryl methyl sites for hydroxylation is 1. The molecule has 1 atom stereocenters. The van der Waals surface area contributed by atoms with Crippen LogP contribution in [0.1, 0.15) is 22.6 Å². The Morgan fingerprint density at radius 2 is 2.26 bits per heavy atom. The van der Waals surface area contributed by atoms with E-state index >= 15 is 0 Å². The first-order valence-electron chi connectivity index (χ1n) is 7.86. The maximum atomic E-state index is 12.6. The van der Waals surface area contributed by atoms with E-state index in [0.29, 0.717) is 23.0 Å². The third kappa shape index (κ3) is 2.65. The van der Waals surface area contributed by atoms with Crippen molar-refractivity contribution in [3.63, 3.8) is 0 Å². The molecule has 23 heavy (non-hydrogen) atoms. The van der Waals surface area contributed by atoms with Gasteiger partial charge < -0.3 is 18.9 Å². The third-order valence-electron chi connectivity index (χ3n) is 4.55. The van der Waals surface area contributed by atoms with E-state index in [9.17, 15) is 4.79 Å². The molecule has 0 saturated heterocycles. The van der Waals surface area contributed by atoms with E-state index in [1.165, 1.54) is 0 Å². The Morgan fingerprint density at radius 3 is 3.17 bits per heavy atom. The van der Waals surface area contributed by atoms with Gasteiger partial charge in [-0.25, -0.2) is 4.98 Å². The molecule has 2 aliphatic heterocycles. The Morgan fingerprint density at radius 1 is 1.39 bits per heavy atom. The lowest BCUT2D eigenvalue weighted by Gasteiger charge is -2.28. The molecular weight excluding hydrogens is 294 g/mol. The van der Waals surface area contributed by atoms with Crippen molar-refractivity contribution in [3.05, 3.63) is 42.0 Å². The van der Waals surface area contributed by atoms with Crippen LogP contribution in [0, 0.1) is 5.92 Å². The summed E-state index contributed by atoms with van der Waals surface area (Å²) in [4.78, 5) is 18.8. The number of fused-ring (bicyclic) bond motifs is 2. The second kappa shape index (κ2) is 5.61. The Labute approximate surface area is 134 Å². The zero-order valence-electron chi connectivity index (χ0n) is 13.1. The summed E-state index contributed by atoms with van der Waals surface area (Å²) in [6, 6.07) is 5.34. The van der Waals surface area contributed by atoms with E-state index in [-0.39, 0.29) is 12.7 Å². The lowest BCUT2D eigenvalue weighted by atomic mass is 9.97. The maximum Gasteiger partial charge on any atom is 0.253 e. The Hall–Kier alpha value is -2.50. The molecule has 1 aromatic heterocycles. The first-order valence-corrected chi connectivity index (χ1v) is 7.86. The molecule has 0 fully saturated rings. The maximum absolute atomic E-state index is 12.6. The lowest BCUT2D eigenvalue weighted by molar-refractivity contribution is 0.0763. The topological polar surface area (TPSA) is 56.6 Å². The minimum atomic E-state index is 0.0113. The van der Waals surface area contributed by atoms with E-state index in [0.717, 1.165) is 31.8 Å². The van der Waals surface area contributed by atoms with Gasteiger partial charge in [-0.3, -0.25) is 4.79 Å². The van der Waals surface area contributed by atoms with Crippen LogP contribution in [0.25, 0.3) is 0 Å². The third-order valence-corrected chi connectivity index (χ3v) is 4.55. The molecule has 3 heterocycles. The van der Waals surface area contributed by atoms with Crippen LogP contribution in [0.2, 0.25) is 0 Å². The van der Waals surface area contributed by atoms with Gasteiger partial charge in [-0.05, 0) is 30.5 Å². The number of aromatic nitrogens is 2. The Kier molecular flexibility index (Phi) is 3.44. The molecule has 2 aliphatic rings. The predicted octanol–water partition coefficient (Wildman–Crippen LogP) is 1.95. The molecule has 2 aromatic rings. The highest BCUT2D eigenvalue weighted by atomic mass is 16.7. The van der Waals surface area contributed by atoms with Crippen LogP contribution in [0.5, 0.6) is 11.5 Å². The molecule has 1 amide bonds. The molecule has 0 radical (unpaired) electrons. The van der Waals surface area contributed by atoms with Crippen LogP contribution < -0.4 is 9.47 Å². The Balaban J connectivity index is 1.43. The summed E-state index contributed by atoms with van der Waals surface area (Å²) in [5.74, 6) is 2.92. The van der Waals surface area contributed by atoms with Gasteiger partial charge in [0.05, 0.1) is 0 Å². The van der Waals surface area contributed by atoms with Crippen molar-refractivity contribution in [2.45, 2.75) is 19.4 Å². The van der Waals surface area contributed by atoms with Gasteiger partial charge in [-0.15, -0.1) is 0 Å². The molecule has 6 nitrogen and oxygen atoms in total. The molecule has 1 aromatic carbocycles. The summed E-state index contributed by atoms with van der Waals surface area (Å²) >= 11 is 0. The molecular formula is C17H19N3O3. The predicted molar refractivity (Wildman–Crippen MR) is 83.6 cm³/mol. The van der Waals surface area contributed by atoms with Crippen LogP contribution in [0.4, 0.5) is 0 Å². The van der Waals surface area contributed by atoms with Gasteiger partial charge in [-0.1, -0.05) is 0 Å². The highest BCUT2D eigenvalue weighted by molar-refractivity contribution is 5.94. The SMILES string of the molecule is CN(C[C@H]1CCn2ccnc2C1)C(=O)c1ccc2c(c1)OCO2. The smallest absolute Gasteiger partial charge is 0.253 e. The molecule has 0 saturated carbocycles. The fourth-order valence-corrected chi connectivity index (χ4v) is 3.29. The van der Waals surface area contributed by atoms with Crippen molar-refractivity contribution in [3.8, 4) is 11.5 Å². The minimum Gasteiger partial charge on any atom is -0.454 e. The first-order chi connectivity index (χ1) is 11.2. The van der Waals surface area contributed by atoms with Crippen LogP contribution >= 0.6 is 0 Å². The highest BCUT2D eigenvalue weighted by Crippen LogP contribution is 2.32. The number of carbonyl (C=O) groups excluding carboxylic acids is 1. The number of hydrogen-bond donors (Lipinski definition) is 0. The zero-order valence-corrected chi connectivity index (χ0v) is 13.1. The van der Waals surface area contributed by atoms with Crippen molar-refractivity contribution in [2.24, 2.45) is 5.92 Å². The summed E-state index contributed by atoms with van der Waals surface area (Å²) < 4.78 is 12.8. The summed E-state index contributed by atoms with van der Waals surface area (Å²) in [6.07, 6.45) is 5.86. The number of imidazole rings is 1. The van der Waals surface area contributed by atoms with Crippen molar-refractivity contribution in [1.29, 1.82) is 0 Å². The molecule has 0 aliphatic carbocycles. The number of ether oxygens (including phenoxy) is 2. The molecule has 120 valence electrons. The summed E-state index contributed by atoms with van der Waals surface area (Å²) in [5.41, 5.74) is 0.633. The van der Waals surface area contributed by atoms with Crippen LogP contribution in [-0.2, 0) is 13.0 Å². The molecule has 6 heteroatoms. The number of amides is 1. The summed E-state index contributed by atoms with van der Waals surface area (Å²) in [6.45, 7) is 1.93. The van der Waals surface area contributed by atoms with Crippen molar-refractivity contribution in [1.82, 2.24) is 14.5 Å². The van der Waals surface area contributed by atoms with Crippen LogP contribution in [0.15, 0.2) is 30.6 Å². The monoisotopic (exact) mass is 313 g/mol. The Bertz CT molecular complexity index is 740. The van der Waals surface area contributed by atoms with Gasteiger partial charge in [0.15, 0.2) is 11.5 Å². The number of benzene rings is 1. The standard InChI is InChI=1S/C17H19N3O3/c1-19(10-12-4-6-20-7-5-18-16(20)8-12)17(21)13-2-3-14-15(9-13)23-11-22-14/h2-3,5,7,9,12H,4,6,8,10-11H2,1H3/t12-/m0/s1. The molecule has 4 rings (SSSR count). The van der Waals surface area contributed by atoms with E-state index in [1.807, 2.05) is 19.4 Å². The van der Waals surface area contributed by atoms with Crippen LogP contribution in [-0.4, -0.2) is 40.7 Å². The van der Waals surface area contributed by atoms with Gasteiger partial charge >= 0.3 is 0 Å². The molecule has 0 spiro atoms. The highest BCUT2D eigenvalue weighted by Gasteiger charge is 2.24. The lowest BCUT2D eigenvalue weighted by Crippen LogP contribution is -2.35. The zero-order chi connectivity index (χ0) is 15.8. The molecule has 0 unspecified atom stereocenters. The number of nitrogens with zero attached hydrogens (tertiary/aromatic N) is 3. The first kappa shape index (κ1) is 14.1. The quantitative estimate of drug-likeness (QED) is 0.869. The van der Waals surface area contributed by atoms with Crippen LogP contribution in [0.3, 0.4) is 0 Å². The largest absolute Gasteiger partial charge is 0.454 e. The fraction of sp³-hybridized carbons (Fsp3) is 0.412. The normalized spacial score (nSPS) is 18.6. The van der Waals surface area contributed by atoms with Crippen molar-refractivity contribution >= 4 is 5.91 Å². The summed E-state index contributed by atoms with van der Waals surface area (Å²) in [5, 5.41) is 0. The van der Waals surface area contributed by atoms with E-state index in [1.54, 1.807) is 23.1 Å². The second-order valence-electron chi connectivity index (χ2n) is 6.15.